The lowest BCUT2D eigenvalue weighted by atomic mass is 10.0. The van der Waals surface area contributed by atoms with E-state index in [1.807, 2.05) is 40.1 Å². The number of carbonyl (C=O) groups excluding carboxylic acids is 1. The number of thiazole rings is 1. The van der Waals surface area contributed by atoms with Gasteiger partial charge in [0.2, 0.25) is 0 Å². The number of likely N-dealkylation sites (tertiary alicyclic amines) is 1. The summed E-state index contributed by atoms with van der Waals surface area (Å²) in [6, 6.07) is 6.60. The Morgan fingerprint density at radius 2 is 2.06 bits per heavy atom. The van der Waals surface area contributed by atoms with Gasteiger partial charge < -0.3 is 15.0 Å². The molecule has 0 radical (unpaired) electrons. The molecule has 1 saturated heterocycles. The van der Waals surface area contributed by atoms with Crippen molar-refractivity contribution in [1.29, 1.82) is 0 Å². The summed E-state index contributed by atoms with van der Waals surface area (Å²) in [5.41, 5.74) is 1.87. The van der Waals surface area contributed by atoms with E-state index in [2.05, 4.69) is 40.4 Å². The Hall–Kier alpha value is -2.67. The summed E-state index contributed by atoms with van der Waals surface area (Å²) < 4.78 is 5.56. The van der Waals surface area contributed by atoms with Crippen molar-refractivity contribution in [2.24, 2.45) is 0 Å². The van der Waals surface area contributed by atoms with Gasteiger partial charge in [-0.15, -0.1) is 11.3 Å². The third-order valence-electron chi connectivity index (χ3n) is 5.38. The average molecular weight is 439 g/mol. The molecule has 0 unspecified atom stereocenters. The van der Waals surface area contributed by atoms with Crippen molar-refractivity contribution in [3.8, 4) is 10.4 Å². The molecule has 1 atom stereocenters. The number of rotatable bonds is 3. The predicted octanol–water partition coefficient (Wildman–Crippen LogP) is 5.79. The van der Waals surface area contributed by atoms with E-state index in [9.17, 15) is 4.79 Å². The molecule has 0 aliphatic carbocycles. The maximum atomic E-state index is 12.5. The number of aromatic nitrogens is 2. The molecular weight excluding hydrogens is 408 g/mol. The molecule has 6 nitrogen and oxygen atoms in total. The number of carbonyl (C=O) groups is 1. The standard InChI is InChI=1S/C24H30N4O2S/c1-15-11-18(20-13-26-16(2)31-20)12-17-8-9-25-22(21(15)17)27-19-7-6-10-28(14-19)23(29)30-24(3,4)5/h8-9,11-13,19H,6-7,10,14H2,1-5H3,(H,25,27)/t19-/m1/s1. The van der Waals surface area contributed by atoms with Crippen LogP contribution in [0, 0.1) is 13.8 Å². The van der Waals surface area contributed by atoms with Gasteiger partial charge in [0, 0.05) is 36.9 Å². The maximum Gasteiger partial charge on any atom is 0.410 e. The zero-order valence-electron chi connectivity index (χ0n) is 18.9. The average Bonchev–Trinajstić information content (AvgIpc) is 3.13. The molecule has 7 heteroatoms. The highest BCUT2D eigenvalue weighted by Crippen LogP contribution is 2.33. The molecular formula is C24H30N4O2S. The number of pyridine rings is 1. The minimum Gasteiger partial charge on any atom is -0.444 e. The van der Waals surface area contributed by atoms with Gasteiger partial charge in [-0.3, -0.25) is 0 Å². The van der Waals surface area contributed by atoms with Gasteiger partial charge >= 0.3 is 6.09 Å². The van der Waals surface area contributed by atoms with Crippen LogP contribution in [0.3, 0.4) is 0 Å². The number of benzene rings is 1. The highest BCUT2D eigenvalue weighted by Gasteiger charge is 2.28. The highest BCUT2D eigenvalue weighted by molar-refractivity contribution is 7.15. The molecule has 1 aliphatic heterocycles. The minimum atomic E-state index is -0.486. The van der Waals surface area contributed by atoms with Gasteiger partial charge in [0.05, 0.1) is 9.88 Å². The fourth-order valence-electron chi connectivity index (χ4n) is 4.05. The Balaban J connectivity index is 1.56. The van der Waals surface area contributed by atoms with Crippen LogP contribution in [0.15, 0.2) is 30.6 Å². The van der Waals surface area contributed by atoms with E-state index in [1.54, 1.807) is 16.2 Å². The van der Waals surface area contributed by atoms with E-state index in [0.29, 0.717) is 6.54 Å². The Morgan fingerprint density at radius 1 is 1.26 bits per heavy atom. The molecule has 3 heterocycles. The van der Waals surface area contributed by atoms with Crippen LogP contribution in [0.25, 0.3) is 21.2 Å². The number of anilines is 1. The Labute approximate surface area is 187 Å². The summed E-state index contributed by atoms with van der Waals surface area (Å²) in [4.78, 5) is 24.5. The van der Waals surface area contributed by atoms with Crippen LogP contribution >= 0.6 is 11.3 Å². The van der Waals surface area contributed by atoms with Crippen LogP contribution < -0.4 is 5.32 Å². The molecule has 1 aromatic carbocycles. The summed E-state index contributed by atoms with van der Waals surface area (Å²) in [7, 11) is 0. The van der Waals surface area contributed by atoms with Gasteiger partial charge in [-0.05, 0) is 82.2 Å². The summed E-state index contributed by atoms with van der Waals surface area (Å²) in [6.07, 6.45) is 5.48. The Kier molecular flexibility index (Phi) is 5.88. The number of fused-ring (bicyclic) bond motifs is 1. The number of amides is 1. The molecule has 0 saturated carbocycles. The minimum absolute atomic E-state index is 0.141. The predicted molar refractivity (Wildman–Crippen MR) is 127 cm³/mol. The topological polar surface area (TPSA) is 67.4 Å². The Morgan fingerprint density at radius 3 is 2.77 bits per heavy atom. The summed E-state index contributed by atoms with van der Waals surface area (Å²) in [5.74, 6) is 0.873. The van der Waals surface area contributed by atoms with Gasteiger partial charge in [-0.2, -0.15) is 0 Å². The van der Waals surface area contributed by atoms with Gasteiger partial charge in [0.1, 0.15) is 11.4 Å². The fourth-order valence-corrected chi connectivity index (χ4v) is 4.82. The largest absolute Gasteiger partial charge is 0.444 e. The number of ether oxygens (including phenoxy) is 1. The zero-order valence-corrected chi connectivity index (χ0v) is 19.7. The second-order valence-corrected chi connectivity index (χ2v) is 10.4. The maximum absolute atomic E-state index is 12.5. The van der Waals surface area contributed by atoms with Crippen molar-refractivity contribution in [3.05, 3.63) is 41.2 Å². The number of piperidine rings is 1. The first-order chi connectivity index (χ1) is 14.7. The monoisotopic (exact) mass is 438 g/mol. The number of nitrogens with zero attached hydrogens (tertiary/aromatic N) is 3. The quantitative estimate of drug-likeness (QED) is 0.561. The van der Waals surface area contributed by atoms with Crippen LogP contribution in [0.1, 0.15) is 44.2 Å². The van der Waals surface area contributed by atoms with E-state index in [1.165, 1.54) is 16.0 Å². The summed E-state index contributed by atoms with van der Waals surface area (Å²) in [6.45, 7) is 11.2. The second kappa shape index (κ2) is 8.46. The lowest BCUT2D eigenvalue weighted by Crippen LogP contribution is -2.47. The lowest BCUT2D eigenvalue weighted by molar-refractivity contribution is 0.0206. The number of hydrogen-bond acceptors (Lipinski definition) is 6. The number of hydrogen-bond donors (Lipinski definition) is 1. The van der Waals surface area contributed by atoms with E-state index >= 15 is 0 Å². The number of aryl methyl sites for hydroxylation is 2. The molecule has 3 aromatic rings. The SMILES string of the molecule is Cc1ncc(-c2cc(C)c3c(N[C@@H]4CCCN(C(=O)OC(C)(C)C)C4)nccc3c2)s1. The molecule has 2 aromatic heterocycles. The highest BCUT2D eigenvalue weighted by atomic mass is 32.1. The van der Waals surface area contributed by atoms with Gasteiger partial charge in [-0.25, -0.2) is 14.8 Å². The van der Waals surface area contributed by atoms with Crippen molar-refractivity contribution < 1.29 is 9.53 Å². The third-order valence-corrected chi connectivity index (χ3v) is 6.34. The van der Waals surface area contributed by atoms with Crippen molar-refractivity contribution >= 4 is 34.0 Å². The van der Waals surface area contributed by atoms with Gasteiger partial charge in [-0.1, -0.05) is 0 Å². The van der Waals surface area contributed by atoms with Gasteiger partial charge in [0.25, 0.3) is 0 Å². The van der Waals surface area contributed by atoms with Crippen molar-refractivity contribution in [1.82, 2.24) is 14.9 Å². The first-order valence-electron chi connectivity index (χ1n) is 10.8. The van der Waals surface area contributed by atoms with Crippen molar-refractivity contribution in [3.63, 3.8) is 0 Å². The molecule has 0 spiro atoms. The van der Waals surface area contributed by atoms with Crippen LogP contribution in [0.5, 0.6) is 0 Å². The molecule has 1 fully saturated rings. The number of nitrogens with one attached hydrogen (secondary N) is 1. The molecule has 1 aliphatic rings. The van der Waals surface area contributed by atoms with Crippen LogP contribution in [0.4, 0.5) is 10.6 Å². The van der Waals surface area contributed by atoms with Crippen LogP contribution in [0.2, 0.25) is 0 Å². The van der Waals surface area contributed by atoms with E-state index < -0.39 is 5.60 Å². The molecule has 31 heavy (non-hydrogen) atoms. The first-order valence-corrected chi connectivity index (χ1v) is 11.6. The van der Waals surface area contributed by atoms with Crippen molar-refractivity contribution in [2.45, 2.75) is 59.1 Å². The fraction of sp³-hybridized carbons (Fsp3) is 0.458. The van der Waals surface area contributed by atoms with E-state index in [4.69, 9.17) is 4.74 Å². The van der Waals surface area contributed by atoms with E-state index in [-0.39, 0.29) is 12.1 Å². The molecule has 1 amide bonds. The van der Waals surface area contributed by atoms with Gasteiger partial charge in [0.15, 0.2) is 0 Å². The Bertz CT molecular complexity index is 1100. The lowest BCUT2D eigenvalue weighted by Gasteiger charge is -2.34. The third kappa shape index (κ3) is 4.98. The zero-order chi connectivity index (χ0) is 22.2. The second-order valence-electron chi connectivity index (χ2n) is 9.20. The molecule has 1 N–H and O–H groups in total. The van der Waals surface area contributed by atoms with Crippen LogP contribution in [-0.2, 0) is 4.74 Å². The van der Waals surface area contributed by atoms with E-state index in [0.717, 1.165) is 41.0 Å². The molecule has 0 bridgehead atoms. The summed E-state index contributed by atoms with van der Waals surface area (Å²) >= 11 is 1.71. The molecule has 4 rings (SSSR count). The summed E-state index contributed by atoms with van der Waals surface area (Å²) in [5, 5.41) is 6.95. The normalized spacial score (nSPS) is 17.1. The van der Waals surface area contributed by atoms with Crippen molar-refractivity contribution in [2.75, 3.05) is 18.4 Å². The van der Waals surface area contributed by atoms with Crippen LogP contribution in [-0.4, -0.2) is 45.7 Å². The molecule has 164 valence electrons. The first kappa shape index (κ1) is 21.6. The smallest absolute Gasteiger partial charge is 0.410 e.